The van der Waals surface area contributed by atoms with E-state index < -0.39 is 5.97 Å². The Kier molecular flexibility index (Phi) is 3.56. The molecule has 2 aromatic rings. The summed E-state index contributed by atoms with van der Waals surface area (Å²) in [7, 11) is 1.55. The van der Waals surface area contributed by atoms with Gasteiger partial charge in [-0.25, -0.2) is 4.79 Å². The lowest BCUT2D eigenvalue weighted by Crippen LogP contribution is -2.04. The molecular weight excluding hydrogens is 244 g/mol. The molecule has 0 heterocycles. The molecule has 0 spiro atoms. The molecule has 5 nitrogen and oxygen atoms in total. The molecule has 0 radical (unpaired) electrons. The third-order valence-electron chi connectivity index (χ3n) is 2.65. The molecule has 0 saturated heterocycles. The zero-order valence-corrected chi connectivity index (χ0v) is 10.4. The summed E-state index contributed by atoms with van der Waals surface area (Å²) < 4.78 is 5.21. The number of aromatic carboxylic acids is 1. The number of hydrogen-bond acceptors (Lipinski definition) is 4. The third-order valence-corrected chi connectivity index (χ3v) is 2.65. The fraction of sp³-hybridized carbons (Fsp3) is 0.0714. The van der Waals surface area contributed by atoms with Crippen LogP contribution in [-0.2, 0) is 0 Å². The van der Waals surface area contributed by atoms with Crippen LogP contribution < -0.4 is 15.8 Å². The Bertz CT molecular complexity index is 611. The number of carbonyl (C=O) groups is 1. The maximum Gasteiger partial charge on any atom is 0.337 e. The summed E-state index contributed by atoms with van der Waals surface area (Å²) in [4.78, 5) is 11.2. The smallest absolute Gasteiger partial charge is 0.337 e. The van der Waals surface area contributed by atoms with E-state index >= 15 is 0 Å². The molecule has 0 atom stereocenters. The molecule has 4 N–H and O–H groups in total. The number of nitrogens with one attached hydrogen (secondary N) is 1. The van der Waals surface area contributed by atoms with Crippen LogP contribution in [0.2, 0.25) is 0 Å². The number of carboxylic acids is 1. The minimum atomic E-state index is -1.02. The summed E-state index contributed by atoms with van der Waals surface area (Å²) >= 11 is 0. The molecule has 0 unspecified atom stereocenters. The second-order valence-electron chi connectivity index (χ2n) is 3.94. The van der Waals surface area contributed by atoms with Crippen LogP contribution in [0, 0.1) is 0 Å². The van der Waals surface area contributed by atoms with E-state index in [0.717, 1.165) is 0 Å². The highest BCUT2D eigenvalue weighted by Crippen LogP contribution is 2.29. The number of carboxylic acid groups (broad SMARTS) is 1. The van der Waals surface area contributed by atoms with Crippen molar-refractivity contribution in [3.63, 3.8) is 0 Å². The molecule has 0 amide bonds. The number of methoxy groups -OCH3 is 1. The summed E-state index contributed by atoms with van der Waals surface area (Å²) in [5.74, 6) is -0.390. The molecule has 0 fully saturated rings. The van der Waals surface area contributed by atoms with Crippen molar-refractivity contribution in [1.29, 1.82) is 0 Å². The van der Waals surface area contributed by atoms with Gasteiger partial charge in [0.05, 0.1) is 24.0 Å². The number of benzene rings is 2. The molecule has 0 aliphatic rings. The number of nitrogen functional groups attached to an aromatic ring is 1. The van der Waals surface area contributed by atoms with E-state index in [1.165, 1.54) is 6.07 Å². The second kappa shape index (κ2) is 5.30. The van der Waals surface area contributed by atoms with Crippen LogP contribution in [-0.4, -0.2) is 18.2 Å². The first-order valence-electron chi connectivity index (χ1n) is 5.64. The van der Waals surface area contributed by atoms with Gasteiger partial charge in [0.15, 0.2) is 0 Å². The lowest BCUT2D eigenvalue weighted by atomic mass is 10.1. The molecule has 0 aromatic heterocycles. The standard InChI is InChI=1S/C14H14N2O3/c1-19-13-5-3-2-4-11(13)16-12-8-9(15)6-7-10(12)14(17)18/h2-8,16H,15H2,1H3,(H,17,18). The van der Waals surface area contributed by atoms with Crippen molar-refractivity contribution in [3.05, 3.63) is 48.0 Å². The number of hydrogen-bond donors (Lipinski definition) is 3. The summed E-state index contributed by atoms with van der Waals surface area (Å²) in [6.07, 6.45) is 0. The third kappa shape index (κ3) is 2.77. The van der Waals surface area contributed by atoms with Gasteiger partial charge in [0.2, 0.25) is 0 Å². The van der Waals surface area contributed by atoms with Crippen molar-refractivity contribution in [1.82, 2.24) is 0 Å². The van der Waals surface area contributed by atoms with Crippen molar-refractivity contribution < 1.29 is 14.6 Å². The van der Waals surface area contributed by atoms with E-state index in [2.05, 4.69) is 5.32 Å². The minimum Gasteiger partial charge on any atom is -0.495 e. The summed E-state index contributed by atoms with van der Waals surface area (Å²) in [6, 6.07) is 11.9. The molecule has 2 rings (SSSR count). The van der Waals surface area contributed by atoms with Gasteiger partial charge in [-0.2, -0.15) is 0 Å². The van der Waals surface area contributed by atoms with Crippen molar-refractivity contribution in [3.8, 4) is 5.75 Å². The summed E-state index contributed by atoms with van der Waals surface area (Å²) in [6.45, 7) is 0. The average molecular weight is 258 g/mol. The topological polar surface area (TPSA) is 84.6 Å². The minimum absolute atomic E-state index is 0.153. The predicted octanol–water partition coefficient (Wildman–Crippen LogP) is 2.72. The highest BCUT2D eigenvalue weighted by Gasteiger charge is 2.11. The Hall–Kier alpha value is -2.69. The maximum absolute atomic E-state index is 11.2. The number of anilines is 3. The predicted molar refractivity (Wildman–Crippen MR) is 74.1 cm³/mol. The Morgan fingerprint density at radius 3 is 2.63 bits per heavy atom. The first-order chi connectivity index (χ1) is 9.11. The summed E-state index contributed by atoms with van der Waals surface area (Å²) in [5.41, 5.74) is 7.44. The van der Waals surface area contributed by atoms with Crippen LogP contribution in [0.4, 0.5) is 17.1 Å². The molecule has 0 aliphatic carbocycles. The maximum atomic E-state index is 11.2. The lowest BCUT2D eigenvalue weighted by molar-refractivity contribution is 0.0698. The number of nitrogens with two attached hydrogens (primary N) is 1. The SMILES string of the molecule is COc1ccccc1Nc1cc(N)ccc1C(=O)O. The number of para-hydroxylation sites is 2. The van der Waals surface area contributed by atoms with Crippen LogP contribution in [0.25, 0.3) is 0 Å². The van der Waals surface area contributed by atoms with Crippen molar-refractivity contribution in [2.75, 3.05) is 18.2 Å². The Morgan fingerprint density at radius 1 is 1.21 bits per heavy atom. The molecule has 5 heteroatoms. The van der Waals surface area contributed by atoms with Crippen LogP contribution in [0.3, 0.4) is 0 Å². The van der Waals surface area contributed by atoms with Gasteiger partial charge in [-0.05, 0) is 30.3 Å². The van der Waals surface area contributed by atoms with Gasteiger partial charge in [-0.3, -0.25) is 0 Å². The first-order valence-corrected chi connectivity index (χ1v) is 5.64. The number of ether oxygens (including phenoxy) is 1. The van der Waals surface area contributed by atoms with Crippen molar-refractivity contribution >= 4 is 23.0 Å². The van der Waals surface area contributed by atoms with Crippen LogP contribution in [0.1, 0.15) is 10.4 Å². The van der Waals surface area contributed by atoms with Gasteiger partial charge >= 0.3 is 5.97 Å². The normalized spacial score (nSPS) is 9.95. The molecule has 98 valence electrons. The van der Waals surface area contributed by atoms with Gasteiger partial charge in [0, 0.05) is 5.69 Å². The molecule has 2 aromatic carbocycles. The van der Waals surface area contributed by atoms with E-state index in [9.17, 15) is 4.79 Å². The Labute approximate surface area is 110 Å². The van der Waals surface area contributed by atoms with Crippen LogP contribution >= 0.6 is 0 Å². The number of rotatable bonds is 4. The van der Waals surface area contributed by atoms with Gasteiger partial charge in [-0.1, -0.05) is 12.1 Å². The Morgan fingerprint density at radius 2 is 1.95 bits per heavy atom. The van der Waals surface area contributed by atoms with E-state index in [1.54, 1.807) is 31.4 Å². The highest BCUT2D eigenvalue weighted by molar-refractivity contribution is 5.96. The van der Waals surface area contributed by atoms with Crippen LogP contribution in [0.5, 0.6) is 5.75 Å². The zero-order valence-electron chi connectivity index (χ0n) is 10.4. The highest BCUT2D eigenvalue weighted by atomic mass is 16.5. The van der Waals surface area contributed by atoms with Crippen LogP contribution in [0.15, 0.2) is 42.5 Å². The van der Waals surface area contributed by atoms with E-state index in [-0.39, 0.29) is 5.56 Å². The second-order valence-corrected chi connectivity index (χ2v) is 3.94. The fourth-order valence-corrected chi connectivity index (χ4v) is 1.74. The van der Waals surface area contributed by atoms with Gasteiger partial charge in [0.25, 0.3) is 0 Å². The fourth-order valence-electron chi connectivity index (χ4n) is 1.74. The van der Waals surface area contributed by atoms with E-state index in [4.69, 9.17) is 15.6 Å². The molecule has 0 bridgehead atoms. The average Bonchev–Trinajstić information content (AvgIpc) is 2.39. The molecule has 0 saturated carbocycles. The first kappa shape index (κ1) is 12.8. The van der Waals surface area contributed by atoms with Crippen molar-refractivity contribution in [2.45, 2.75) is 0 Å². The van der Waals surface area contributed by atoms with E-state index in [0.29, 0.717) is 22.8 Å². The molecule has 0 aliphatic heterocycles. The molecule has 19 heavy (non-hydrogen) atoms. The summed E-state index contributed by atoms with van der Waals surface area (Å²) in [5, 5.41) is 12.2. The largest absolute Gasteiger partial charge is 0.495 e. The van der Waals surface area contributed by atoms with Crippen molar-refractivity contribution in [2.24, 2.45) is 0 Å². The Balaban J connectivity index is 2.42. The molecular formula is C14H14N2O3. The van der Waals surface area contributed by atoms with E-state index in [1.807, 2.05) is 12.1 Å². The zero-order chi connectivity index (χ0) is 13.8. The van der Waals surface area contributed by atoms with Gasteiger partial charge in [-0.15, -0.1) is 0 Å². The quantitative estimate of drug-likeness (QED) is 0.734. The van der Waals surface area contributed by atoms with Gasteiger partial charge in [0.1, 0.15) is 5.75 Å². The lowest BCUT2D eigenvalue weighted by Gasteiger charge is -2.13. The van der Waals surface area contributed by atoms with Gasteiger partial charge < -0.3 is 20.9 Å². The monoisotopic (exact) mass is 258 g/mol.